The number of hydrazone groups is 1. The number of hydrogen-bond acceptors (Lipinski definition) is 3. The zero-order valence-corrected chi connectivity index (χ0v) is 18.1. The van der Waals surface area contributed by atoms with E-state index in [2.05, 4.69) is 69.1 Å². The second-order valence-electron chi connectivity index (χ2n) is 8.86. The van der Waals surface area contributed by atoms with Gasteiger partial charge in [-0.1, -0.05) is 13.0 Å². The standard InChI is InChI=1S/C24H30FN3O/c1-15(2)28-22-10-16(3)19(12-21(22)17(4)13-24(28,5)6)14-26-27-23(29)18-8-7-9-20(25)11-18/h7-12,14-15,17H,13H2,1-6H3,(H,27,29)/b26-14-/t17-/m1/s1. The van der Waals surface area contributed by atoms with Crippen LogP contribution < -0.4 is 10.3 Å². The first-order valence-corrected chi connectivity index (χ1v) is 10.1. The summed E-state index contributed by atoms with van der Waals surface area (Å²) in [5.74, 6) is -0.444. The molecule has 1 heterocycles. The van der Waals surface area contributed by atoms with Gasteiger partial charge in [-0.3, -0.25) is 4.79 Å². The van der Waals surface area contributed by atoms with E-state index >= 15 is 0 Å². The normalized spacial score (nSPS) is 18.2. The maximum Gasteiger partial charge on any atom is 0.271 e. The molecule has 2 aromatic carbocycles. The molecule has 0 fully saturated rings. The summed E-state index contributed by atoms with van der Waals surface area (Å²) in [6.07, 6.45) is 2.74. The molecule has 29 heavy (non-hydrogen) atoms. The van der Waals surface area contributed by atoms with E-state index in [0.717, 1.165) is 17.5 Å². The topological polar surface area (TPSA) is 44.7 Å². The fraction of sp³-hybridized carbons (Fsp3) is 0.417. The Morgan fingerprint density at radius 1 is 1.31 bits per heavy atom. The van der Waals surface area contributed by atoms with Gasteiger partial charge in [0.1, 0.15) is 5.82 Å². The molecule has 1 aliphatic heterocycles. The van der Waals surface area contributed by atoms with Crippen LogP contribution in [0, 0.1) is 12.7 Å². The number of hydrogen-bond donors (Lipinski definition) is 1. The Bertz CT molecular complexity index is 949. The first-order chi connectivity index (χ1) is 13.6. The van der Waals surface area contributed by atoms with E-state index in [1.54, 1.807) is 12.3 Å². The summed E-state index contributed by atoms with van der Waals surface area (Å²) >= 11 is 0. The Morgan fingerprint density at radius 2 is 2.03 bits per heavy atom. The molecular weight excluding hydrogens is 365 g/mol. The Hall–Kier alpha value is -2.69. The van der Waals surface area contributed by atoms with Crippen molar-refractivity contribution < 1.29 is 9.18 Å². The monoisotopic (exact) mass is 395 g/mol. The van der Waals surface area contributed by atoms with Crippen LogP contribution in [-0.2, 0) is 0 Å². The highest BCUT2D eigenvalue weighted by atomic mass is 19.1. The average Bonchev–Trinajstić information content (AvgIpc) is 2.61. The minimum absolute atomic E-state index is 0.0988. The van der Waals surface area contributed by atoms with E-state index in [-0.39, 0.29) is 11.1 Å². The van der Waals surface area contributed by atoms with Gasteiger partial charge in [0.05, 0.1) is 6.21 Å². The number of rotatable bonds is 4. The molecule has 1 aliphatic rings. The van der Waals surface area contributed by atoms with Crippen molar-refractivity contribution in [1.29, 1.82) is 0 Å². The predicted molar refractivity (Wildman–Crippen MR) is 117 cm³/mol. The first-order valence-electron chi connectivity index (χ1n) is 10.1. The maximum atomic E-state index is 13.3. The third-order valence-electron chi connectivity index (χ3n) is 5.64. The van der Waals surface area contributed by atoms with E-state index < -0.39 is 11.7 Å². The molecule has 0 radical (unpaired) electrons. The molecule has 1 N–H and O–H groups in total. The van der Waals surface area contributed by atoms with Crippen molar-refractivity contribution in [3.05, 3.63) is 64.5 Å². The highest BCUT2D eigenvalue weighted by molar-refractivity contribution is 5.95. The van der Waals surface area contributed by atoms with Crippen molar-refractivity contribution >= 4 is 17.8 Å². The van der Waals surface area contributed by atoms with Gasteiger partial charge in [0, 0.05) is 22.8 Å². The lowest BCUT2D eigenvalue weighted by Crippen LogP contribution is -2.51. The third kappa shape index (κ3) is 4.34. The van der Waals surface area contributed by atoms with Crippen molar-refractivity contribution in [2.24, 2.45) is 5.10 Å². The predicted octanol–water partition coefficient (Wildman–Crippen LogP) is 5.40. The molecule has 3 rings (SSSR count). The number of benzene rings is 2. The van der Waals surface area contributed by atoms with E-state index in [1.165, 1.54) is 29.4 Å². The lowest BCUT2D eigenvalue weighted by Gasteiger charge is -2.50. The van der Waals surface area contributed by atoms with Gasteiger partial charge in [-0.05, 0) is 94.0 Å². The highest BCUT2D eigenvalue weighted by Gasteiger charge is 2.37. The van der Waals surface area contributed by atoms with Gasteiger partial charge in [-0.25, -0.2) is 9.82 Å². The second-order valence-corrected chi connectivity index (χ2v) is 8.86. The van der Waals surface area contributed by atoms with Gasteiger partial charge < -0.3 is 4.90 Å². The SMILES string of the molecule is Cc1cc2c(cc1/C=N\NC(=O)c1cccc(F)c1)[C@H](C)CC(C)(C)N2C(C)C. The number of amides is 1. The molecule has 154 valence electrons. The van der Waals surface area contributed by atoms with Crippen LogP contribution in [0.5, 0.6) is 0 Å². The van der Waals surface area contributed by atoms with Crippen molar-refractivity contribution in [3.63, 3.8) is 0 Å². The minimum atomic E-state index is -0.446. The molecule has 5 heteroatoms. The molecule has 0 aliphatic carbocycles. The zero-order valence-electron chi connectivity index (χ0n) is 18.1. The molecule has 4 nitrogen and oxygen atoms in total. The van der Waals surface area contributed by atoms with Gasteiger partial charge in [-0.15, -0.1) is 0 Å². The Labute approximate surface area is 172 Å². The van der Waals surface area contributed by atoms with Gasteiger partial charge in [0.15, 0.2) is 0 Å². The minimum Gasteiger partial charge on any atom is -0.364 e. The molecule has 1 amide bonds. The summed E-state index contributed by atoms with van der Waals surface area (Å²) in [7, 11) is 0. The van der Waals surface area contributed by atoms with Crippen molar-refractivity contribution in [2.45, 2.75) is 65.5 Å². The van der Waals surface area contributed by atoms with Crippen molar-refractivity contribution in [2.75, 3.05) is 4.90 Å². The Balaban J connectivity index is 1.86. The molecule has 0 aromatic heterocycles. The van der Waals surface area contributed by atoms with Gasteiger partial charge in [0.25, 0.3) is 5.91 Å². The molecule has 0 spiro atoms. The number of carbonyl (C=O) groups excluding carboxylic acids is 1. The van der Waals surface area contributed by atoms with Gasteiger partial charge >= 0.3 is 0 Å². The molecule has 2 aromatic rings. The summed E-state index contributed by atoms with van der Waals surface area (Å²) in [6.45, 7) is 13.4. The van der Waals surface area contributed by atoms with Crippen LogP contribution in [0.4, 0.5) is 10.1 Å². The number of fused-ring (bicyclic) bond motifs is 1. The maximum absolute atomic E-state index is 13.3. The molecule has 0 bridgehead atoms. The van der Waals surface area contributed by atoms with Crippen LogP contribution in [0.15, 0.2) is 41.5 Å². The molecular formula is C24H30FN3O. The summed E-state index contributed by atoms with van der Waals surface area (Å²) in [4.78, 5) is 14.6. The number of anilines is 1. The zero-order chi connectivity index (χ0) is 21.3. The summed E-state index contributed by atoms with van der Waals surface area (Å²) < 4.78 is 13.3. The molecule has 0 saturated heterocycles. The van der Waals surface area contributed by atoms with Crippen LogP contribution >= 0.6 is 0 Å². The number of halogens is 1. The average molecular weight is 396 g/mol. The Morgan fingerprint density at radius 3 is 2.69 bits per heavy atom. The summed E-state index contributed by atoms with van der Waals surface area (Å²) in [5, 5.41) is 4.10. The lowest BCUT2D eigenvalue weighted by atomic mass is 9.78. The van der Waals surface area contributed by atoms with Crippen molar-refractivity contribution in [3.8, 4) is 0 Å². The van der Waals surface area contributed by atoms with Crippen LogP contribution in [-0.4, -0.2) is 23.7 Å². The fourth-order valence-electron chi connectivity index (χ4n) is 4.59. The van der Waals surface area contributed by atoms with E-state index in [4.69, 9.17) is 0 Å². The second kappa shape index (κ2) is 7.97. The van der Waals surface area contributed by atoms with Crippen LogP contribution in [0.25, 0.3) is 0 Å². The first kappa shape index (κ1) is 21.0. The lowest BCUT2D eigenvalue weighted by molar-refractivity contribution is 0.0954. The van der Waals surface area contributed by atoms with Crippen LogP contribution in [0.1, 0.15) is 74.0 Å². The summed E-state index contributed by atoms with van der Waals surface area (Å²) in [6, 6.07) is 10.4. The Kier molecular flexibility index (Phi) is 5.78. The van der Waals surface area contributed by atoms with Crippen LogP contribution in [0.2, 0.25) is 0 Å². The molecule has 0 unspecified atom stereocenters. The number of carbonyl (C=O) groups is 1. The molecule has 0 saturated carbocycles. The number of nitrogens with one attached hydrogen (secondary N) is 1. The van der Waals surface area contributed by atoms with E-state index in [0.29, 0.717) is 12.0 Å². The van der Waals surface area contributed by atoms with E-state index in [9.17, 15) is 9.18 Å². The third-order valence-corrected chi connectivity index (χ3v) is 5.64. The van der Waals surface area contributed by atoms with Gasteiger partial charge in [-0.2, -0.15) is 5.10 Å². The highest BCUT2D eigenvalue weighted by Crippen LogP contribution is 2.45. The number of aryl methyl sites for hydroxylation is 1. The fourth-order valence-corrected chi connectivity index (χ4v) is 4.59. The van der Waals surface area contributed by atoms with Crippen LogP contribution in [0.3, 0.4) is 0 Å². The summed E-state index contributed by atoms with van der Waals surface area (Å²) in [5.41, 5.74) is 7.49. The molecule has 1 atom stereocenters. The number of nitrogens with zero attached hydrogens (tertiary/aromatic N) is 2. The largest absolute Gasteiger partial charge is 0.364 e. The van der Waals surface area contributed by atoms with Crippen molar-refractivity contribution in [1.82, 2.24) is 5.43 Å². The smallest absolute Gasteiger partial charge is 0.271 e. The quantitative estimate of drug-likeness (QED) is 0.556. The van der Waals surface area contributed by atoms with E-state index in [1.807, 2.05) is 0 Å². The van der Waals surface area contributed by atoms with Gasteiger partial charge in [0.2, 0.25) is 0 Å².